The van der Waals surface area contributed by atoms with Crippen molar-refractivity contribution < 1.29 is 4.79 Å². The highest BCUT2D eigenvalue weighted by atomic mass is 16.2. The van der Waals surface area contributed by atoms with Crippen molar-refractivity contribution >= 4 is 17.5 Å². The highest BCUT2D eigenvalue weighted by Gasteiger charge is 2.17. The predicted molar refractivity (Wildman–Crippen MR) is 75.3 cm³/mol. The van der Waals surface area contributed by atoms with Crippen LogP contribution in [0.4, 0.5) is 11.6 Å². The first-order valence-electron chi connectivity index (χ1n) is 6.77. The smallest absolute Gasteiger partial charge is 0.219 e. The van der Waals surface area contributed by atoms with Gasteiger partial charge in [0.25, 0.3) is 0 Å². The Labute approximate surface area is 113 Å². The standard InChI is InChI=1S/C13H21N5O/c1-3-14-12-9-13(16-10-15-12)18-6-4-5-17(7-8-18)11(2)19/h9-10H,3-8H2,1-2H3,(H,14,15,16). The number of anilines is 2. The Morgan fingerprint density at radius 3 is 2.89 bits per heavy atom. The van der Waals surface area contributed by atoms with Crippen LogP contribution < -0.4 is 10.2 Å². The van der Waals surface area contributed by atoms with Crippen molar-refractivity contribution in [3.63, 3.8) is 0 Å². The molecule has 1 fully saturated rings. The summed E-state index contributed by atoms with van der Waals surface area (Å²) in [6, 6.07) is 1.97. The summed E-state index contributed by atoms with van der Waals surface area (Å²) in [7, 11) is 0. The first-order valence-corrected chi connectivity index (χ1v) is 6.77. The van der Waals surface area contributed by atoms with Gasteiger partial charge in [-0.05, 0) is 13.3 Å². The van der Waals surface area contributed by atoms with E-state index in [1.165, 1.54) is 0 Å². The first kappa shape index (κ1) is 13.6. The molecule has 0 bridgehead atoms. The Balaban J connectivity index is 2.05. The third kappa shape index (κ3) is 3.56. The second-order valence-electron chi connectivity index (χ2n) is 4.64. The van der Waals surface area contributed by atoms with Gasteiger partial charge in [0.05, 0.1) is 0 Å². The summed E-state index contributed by atoms with van der Waals surface area (Å²) in [6.45, 7) is 7.85. The Morgan fingerprint density at radius 1 is 1.32 bits per heavy atom. The van der Waals surface area contributed by atoms with Crippen molar-refractivity contribution in [3.8, 4) is 0 Å². The summed E-state index contributed by atoms with van der Waals surface area (Å²) in [4.78, 5) is 24.0. The molecule has 0 spiro atoms. The van der Waals surface area contributed by atoms with Gasteiger partial charge in [0.15, 0.2) is 0 Å². The van der Waals surface area contributed by atoms with Gasteiger partial charge in [-0.3, -0.25) is 4.79 Å². The molecule has 19 heavy (non-hydrogen) atoms. The third-order valence-corrected chi connectivity index (χ3v) is 3.28. The molecule has 1 saturated heterocycles. The molecule has 1 N–H and O–H groups in total. The van der Waals surface area contributed by atoms with Crippen LogP contribution in [0.2, 0.25) is 0 Å². The molecule has 0 radical (unpaired) electrons. The van der Waals surface area contributed by atoms with Crippen LogP contribution in [-0.2, 0) is 4.79 Å². The SMILES string of the molecule is CCNc1cc(N2CCCN(C(C)=O)CC2)ncn1. The Hall–Kier alpha value is -1.85. The van der Waals surface area contributed by atoms with Gasteiger partial charge in [-0.25, -0.2) is 9.97 Å². The minimum Gasteiger partial charge on any atom is -0.370 e. The summed E-state index contributed by atoms with van der Waals surface area (Å²) in [5, 5.41) is 3.19. The van der Waals surface area contributed by atoms with Crippen LogP contribution in [0.3, 0.4) is 0 Å². The molecule has 1 aromatic rings. The van der Waals surface area contributed by atoms with Gasteiger partial charge < -0.3 is 15.1 Å². The number of amides is 1. The van der Waals surface area contributed by atoms with Crippen LogP contribution in [0, 0.1) is 0 Å². The number of carbonyl (C=O) groups excluding carboxylic acids is 1. The van der Waals surface area contributed by atoms with Gasteiger partial charge in [0, 0.05) is 45.7 Å². The second kappa shape index (κ2) is 6.36. The molecule has 1 aliphatic rings. The summed E-state index contributed by atoms with van der Waals surface area (Å²) in [5.74, 6) is 1.93. The van der Waals surface area contributed by atoms with Gasteiger partial charge in [-0.15, -0.1) is 0 Å². The van der Waals surface area contributed by atoms with E-state index in [0.29, 0.717) is 0 Å². The molecule has 2 rings (SSSR count). The van der Waals surface area contributed by atoms with E-state index in [2.05, 4.69) is 20.2 Å². The molecule has 0 aromatic carbocycles. The van der Waals surface area contributed by atoms with Crippen LogP contribution in [-0.4, -0.2) is 53.5 Å². The maximum absolute atomic E-state index is 11.4. The van der Waals surface area contributed by atoms with E-state index < -0.39 is 0 Å². The van der Waals surface area contributed by atoms with Crippen molar-refractivity contribution in [2.24, 2.45) is 0 Å². The van der Waals surface area contributed by atoms with Crippen molar-refractivity contribution in [1.82, 2.24) is 14.9 Å². The molecule has 104 valence electrons. The lowest BCUT2D eigenvalue weighted by atomic mass is 10.3. The quantitative estimate of drug-likeness (QED) is 0.880. The summed E-state index contributed by atoms with van der Waals surface area (Å²) in [5.41, 5.74) is 0. The number of aromatic nitrogens is 2. The minimum absolute atomic E-state index is 0.151. The molecule has 0 unspecified atom stereocenters. The highest BCUT2D eigenvalue weighted by Crippen LogP contribution is 2.16. The molecule has 0 atom stereocenters. The van der Waals surface area contributed by atoms with Gasteiger partial charge >= 0.3 is 0 Å². The van der Waals surface area contributed by atoms with Gasteiger partial charge in [-0.2, -0.15) is 0 Å². The lowest BCUT2D eigenvalue weighted by Crippen LogP contribution is -2.33. The summed E-state index contributed by atoms with van der Waals surface area (Å²) >= 11 is 0. The van der Waals surface area contributed by atoms with Crippen molar-refractivity contribution in [2.45, 2.75) is 20.3 Å². The van der Waals surface area contributed by atoms with Crippen LogP contribution in [0.15, 0.2) is 12.4 Å². The molecular formula is C13H21N5O. The normalized spacial score (nSPS) is 16.1. The molecule has 1 aromatic heterocycles. The lowest BCUT2D eigenvalue weighted by Gasteiger charge is -2.22. The van der Waals surface area contributed by atoms with Crippen molar-refractivity contribution in [3.05, 3.63) is 12.4 Å². The largest absolute Gasteiger partial charge is 0.370 e. The van der Waals surface area contributed by atoms with E-state index in [1.54, 1.807) is 13.3 Å². The zero-order chi connectivity index (χ0) is 13.7. The fourth-order valence-electron chi connectivity index (χ4n) is 2.26. The second-order valence-corrected chi connectivity index (χ2v) is 4.64. The molecule has 0 aliphatic carbocycles. The molecule has 0 saturated carbocycles. The van der Waals surface area contributed by atoms with E-state index in [1.807, 2.05) is 17.9 Å². The molecule has 2 heterocycles. The Kier molecular flexibility index (Phi) is 4.54. The number of rotatable bonds is 3. The molecule has 1 amide bonds. The molecular weight excluding hydrogens is 242 g/mol. The maximum atomic E-state index is 11.4. The van der Waals surface area contributed by atoms with Gasteiger partial charge in [0.1, 0.15) is 18.0 Å². The maximum Gasteiger partial charge on any atom is 0.219 e. The van der Waals surface area contributed by atoms with Crippen molar-refractivity contribution in [1.29, 1.82) is 0 Å². The third-order valence-electron chi connectivity index (χ3n) is 3.28. The molecule has 6 heteroatoms. The predicted octanol–water partition coefficient (Wildman–Crippen LogP) is 0.967. The fraction of sp³-hybridized carbons (Fsp3) is 0.615. The highest BCUT2D eigenvalue weighted by molar-refractivity contribution is 5.73. The topological polar surface area (TPSA) is 61.4 Å². The zero-order valence-electron chi connectivity index (χ0n) is 11.6. The summed E-state index contributed by atoms with van der Waals surface area (Å²) < 4.78 is 0. The Morgan fingerprint density at radius 2 is 2.16 bits per heavy atom. The number of hydrogen-bond acceptors (Lipinski definition) is 5. The number of carbonyl (C=O) groups is 1. The monoisotopic (exact) mass is 263 g/mol. The van der Waals surface area contributed by atoms with Crippen LogP contribution >= 0.6 is 0 Å². The van der Waals surface area contributed by atoms with E-state index in [9.17, 15) is 4.79 Å². The average molecular weight is 263 g/mol. The van der Waals surface area contributed by atoms with Crippen LogP contribution in [0.5, 0.6) is 0 Å². The van der Waals surface area contributed by atoms with E-state index in [-0.39, 0.29) is 5.91 Å². The fourth-order valence-corrected chi connectivity index (χ4v) is 2.26. The van der Waals surface area contributed by atoms with E-state index >= 15 is 0 Å². The number of hydrogen-bond donors (Lipinski definition) is 1. The van der Waals surface area contributed by atoms with Crippen molar-refractivity contribution in [2.75, 3.05) is 42.9 Å². The molecule has 1 aliphatic heterocycles. The van der Waals surface area contributed by atoms with E-state index in [0.717, 1.165) is 50.8 Å². The Bertz CT molecular complexity index is 437. The average Bonchev–Trinajstić information content (AvgIpc) is 2.65. The van der Waals surface area contributed by atoms with Gasteiger partial charge in [-0.1, -0.05) is 0 Å². The van der Waals surface area contributed by atoms with E-state index in [4.69, 9.17) is 0 Å². The summed E-state index contributed by atoms with van der Waals surface area (Å²) in [6.07, 6.45) is 2.56. The zero-order valence-corrected chi connectivity index (χ0v) is 11.6. The number of nitrogens with one attached hydrogen (secondary N) is 1. The van der Waals surface area contributed by atoms with Gasteiger partial charge in [0.2, 0.25) is 5.91 Å². The lowest BCUT2D eigenvalue weighted by molar-refractivity contribution is -0.128. The number of nitrogens with zero attached hydrogens (tertiary/aromatic N) is 4. The van der Waals surface area contributed by atoms with Crippen LogP contribution in [0.1, 0.15) is 20.3 Å². The van der Waals surface area contributed by atoms with Crippen LogP contribution in [0.25, 0.3) is 0 Å². The minimum atomic E-state index is 0.151. The molecule has 6 nitrogen and oxygen atoms in total. The first-order chi connectivity index (χ1) is 9.20.